The van der Waals surface area contributed by atoms with E-state index in [1.54, 1.807) is 17.3 Å². The molecule has 0 fully saturated rings. The van der Waals surface area contributed by atoms with Crippen molar-refractivity contribution in [2.75, 3.05) is 11.6 Å². The number of hydrogen-bond acceptors (Lipinski definition) is 3. The zero-order chi connectivity index (χ0) is 9.26. The fourth-order valence-corrected chi connectivity index (χ4v) is 1.27. The smallest absolute Gasteiger partial charge is 0.226 e. The van der Waals surface area contributed by atoms with Gasteiger partial charge in [-0.2, -0.15) is 0 Å². The number of nitrogens with zero attached hydrogens (tertiary/aromatic N) is 3. The van der Waals surface area contributed by atoms with Gasteiger partial charge in [-0.25, -0.2) is 4.98 Å². The molecule has 4 nitrogen and oxygen atoms in total. The summed E-state index contributed by atoms with van der Waals surface area (Å²) in [5, 5.41) is 0. The lowest BCUT2D eigenvalue weighted by molar-refractivity contribution is -0.116. The molecule has 0 radical (unpaired) electrons. The summed E-state index contributed by atoms with van der Waals surface area (Å²) >= 11 is 0. The number of anilines is 1. The van der Waals surface area contributed by atoms with Gasteiger partial charge in [0.2, 0.25) is 5.91 Å². The van der Waals surface area contributed by atoms with Crippen molar-refractivity contribution < 1.29 is 4.79 Å². The van der Waals surface area contributed by atoms with E-state index < -0.39 is 0 Å². The van der Waals surface area contributed by atoms with Gasteiger partial charge in [-0.3, -0.25) is 14.7 Å². The lowest BCUT2D eigenvalue weighted by Gasteiger charge is -2.22. The Morgan fingerprint density at radius 1 is 1.62 bits per heavy atom. The van der Waals surface area contributed by atoms with E-state index in [0.29, 0.717) is 12.5 Å². The molecule has 0 aromatic carbocycles. The first-order valence-electron chi connectivity index (χ1n) is 4.02. The molecule has 1 aliphatic rings. The molecule has 66 valence electrons. The highest BCUT2D eigenvalue weighted by Gasteiger charge is 2.17. The molecule has 0 bridgehead atoms. The number of carbonyl (C=O) groups excluding carboxylic acids is 1. The minimum absolute atomic E-state index is 0.0307. The Kier molecular flexibility index (Phi) is 1.81. The van der Waals surface area contributed by atoms with Crippen molar-refractivity contribution in [3.8, 4) is 0 Å². The molecule has 0 aliphatic carbocycles. The summed E-state index contributed by atoms with van der Waals surface area (Å²) in [6.45, 7) is 1.89. The van der Waals surface area contributed by atoms with Gasteiger partial charge in [-0.15, -0.1) is 0 Å². The minimum atomic E-state index is -0.0307. The third kappa shape index (κ3) is 1.30. The van der Waals surface area contributed by atoms with Crippen LogP contribution in [0.25, 0.3) is 0 Å². The van der Waals surface area contributed by atoms with Crippen LogP contribution in [-0.4, -0.2) is 23.8 Å². The van der Waals surface area contributed by atoms with Crippen LogP contribution < -0.4 is 4.90 Å². The fraction of sp³-hybridized carbons (Fsp3) is 0.222. The van der Waals surface area contributed by atoms with Gasteiger partial charge >= 0.3 is 0 Å². The maximum Gasteiger partial charge on any atom is 0.226 e. The maximum absolute atomic E-state index is 11.2. The summed E-state index contributed by atoms with van der Waals surface area (Å²) < 4.78 is 0. The Hall–Kier alpha value is -1.71. The van der Waals surface area contributed by atoms with E-state index in [1.807, 2.05) is 12.1 Å². The minimum Gasteiger partial charge on any atom is -0.276 e. The van der Waals surface area contributed by atoms with E-state index in [-0.39, 0.29) is 5.91 Å². The van der Waals surface area contributed by atoms with Crippen LogP contribution >= 0.6 is 0 Å². The number of rotatable bonds is 0. The highest BCUT2D eigenvalue weighted by molar-refractivity contribution is 5.98. The van der Waals surface area contributed by atoms with Crippen LogP contribution in [0.15, 0.2) is 23.3 Å². The first-order valence-corrected chi connectivity index (χ1v) is 4.02. The Morgan fingerprint density at radius 2 is 2.46 bits per heavy atom. The second kappa shape index (κ2) is 2.97. The first-order chi connectivity index (χ1) is 6.29. The molecule has 0 atom stereocenters. The molecule has 0 saturated carbocycles. The average Bonchev–Trinajstić information content (AvgIpc) is 2.17. The highest BCUT2D eigenvalue weighted by atomic mass is 16.2. The molecular formula is C9H9N3O. The zero-order valence-electron chi connectivity index (χ0n) is 7.27. The van der Waals surface area contributed by atoms with Crippen LogP contribution in [0.5, 0.6) is 0 Å². The predicted molar refractivity (Wildman–Crippen MR) is 49.9 cm³/mol. The van der Waals surface area contributed by atoms with Crippen LogP contribution in [0.2, 0.25) is 0 Å². The molecule has 1 aromatic rings. The van der Waals surface area contributed by atoms with Crippen molar-refractivity contribution >= 4 is 17.9 Å². The molecule has 2 rings (SSSR count). The van der Waals surface area contributed by atoms with E-state index in [1.165, 1.54) is 6.92 Å². The van der Waals surface area contributed by atoms with Gasteiger partial charge in [0.05, 0.1) is 0 Å². The van der Waals surface area contributed by atoms with Crippen molar-refractivity contribution in [1.29, 1.82) is 0 Å². The SMILES string of the molecule is CC(=O)N1CN=Cc2cccnc21. The molecule has 0 N–H and O–H groups in total. The molecule has 13 heavy (non-hydrogen) atoms. The monoisotopic (exact) mass is 175 g/mol. The van der Waals surface area contributed by atoms with E-state index in [9.17, 15) is 4.79 Å². The number of carbonyl (C=O) groups is 1. The summed E-state index contributed by atoms with van der Waals surface area (Å²) in [4.78, 5) is 20.9. The fourth-order valence-electron chi connectivity index (χ4n) is 1.27. The quantitative estimate of drug-likeness (QED) is 0.586. The molecule has 1 amide bonds. The van der Waals surface area contributed by atoms with Gasteiger partial charge < -0.3 is 0 Å². The van der Waals surface area contributed by atoms with Crippen LogP contribution in [-0.2, 0) is 4.79 Å². The number of aliphatic imine (C=N–C) groups is 1. The highest BCUT2D eigenvalue weighted by Crippen LogP contribution is 2.18. The third-order valence-electron chi connectivity index (χ3n) is 1.91. The second-order valence-electron chi connectivity index (χ2n) is 2.82. The van der Waals surface area contributed by atoms with Crippen molar-refractivity contribution in [2.24, 2.45) is 4.99 Å². The largest absolute Gasteiger partial charge is 0.276 e. The number of amides is 1. The molecule has 1 aromatic heterocycles. The third-order valence-corrected chi connectivity index (χ3v) is 1.91. The number of pyridine rings is 1. The summed E-state index contributed by atoms with van der Waals surface area (Å²) in [6, 6.07) is 3.72. The molecule has 0 spiro atoms. The number of aromatic nitrogens is 1. The van der Waals surface area contributed by atoms with Gasteiger partial charge in [0.25, 0.3) is 0 Å². The van der Waals surface area contributed by atoms with E-state index in [0.717, 1.165) is 5.56 Å². The predicted octanol–water partition coefficient (Wildman–Crippen LogP) is 0.825. The standard InChI is InChI=1S/C9H9N3O/c1-7(13)12-6-10-5-8-3-2-4-11-9(8)12/h2-5H,6H2,1H3. The lowest BCUT2D eigenvalue weighted by atomic mass is 10.2. The Morgan fingerprint density at radius 3 is 3.23 bits per heavy atom. The van der Waals surface area contributed by atoms with Crippen molar-refractivity contribution in [3.05, 3.63) is 23.9 Å². The molecular weight excluding hydrogens is 166 g/mol. The second-order valence-corrected chi connectivity index (χ2v) is 2.82. The van der Waals surface area contributed by atoms with Crippen LogP contribution in [0.1, 0.15) is 12.5 Å². The molecule has 2 heterocycles. The van der Waals surface area contributed by atoms with Gasteiger partial charge in [0, 0.05) is 24.9 Å². The van der Waals surface area contributed by atoms with E-state index in [2.05, 4.69) is 9.98 Å². The molecule has 4 heteroatoms. The van der Waals surface area contributed by atoms with Crippen LogP contribution in [0, 0.1) is 0 Å². The summed E-state index contributed by atoms with van der Waals surface area (Å²) in [6.07, 6.45) is 3.41. The Bertz CT molecular complexity index is 373. The maximum atomic E-state index is 11.2. The van der Waals surface area contributed by atoms with Crippen molar-refractivity contribution in [2.45, 2.75) is 6.92 Å². The Balaban J connectivity index is 2.49. The van der Waals surface area contributed by atoms with Gasteiger partial charge in [-0.1, -0.05) is 0 Å². The first kappa shape index (κ1) is 7.91. The van der Waals surface area contributed by atoms with Gasteiger partial charge in [0.15, 0.2) is 0 Å². The van der Waals surface area contributed by atoms with E-state index in [4.69, 9.17) is 0 Å². The van der Waals surface area contributed by atoms with Gasteiger partial charge in [0.1, 0.15) is 12.5 Å². The van der Waals surface area contributed by atoms with Crippen LogP contribution in [0.4, 0.5) is 5.82 Å². The molecule has 0 unspecified atom stereocenters. The van der Waals surface area contributed by atoms with Crippen LogP contribution in [0.3, 0.4) is 0 Å². The molecule has 0 saturated heterocycles. The van der Waals surface area contributed by atoms with Crippen molar-refractivity contribution in [3.63, 3.8) is 0 Å². The summed E-state index contributed by atoms with van der Waals surface area (Å²) in [7, 11) is 0. The zero-order valence-corrected chi connectivity index (χ0v) is 7.27. The number of fused-ring (bicyclic) bond motifs is 1. The number of hydrogen-bond donors (Lipinski definition) is 0. The normalized spacial score (nSPS) is 14.1. The summed E-state index contributed by atoms with van der Waals surface area (Å²) in [5.74, 6) is 0.668. The van der Waals surface area contributed by atoms with Gasteiger partial charge in [-0.05, 0) is 12.1 Å². The summed E-state index contributed by atoms with van der Waals surface area (Å²) in [5.41, 5.74) is 0.893. The van der Waals surface area contributed by atoms with E-state index >= 15 is 0 Å². The van der Waals surface area contributed by atoms with Crippen molar-refractivity contribution in [1.82, 2.24) is 4.98 Å². The lowest BCUT2D eigenvalue weighted by Crippen LogP contribution is -2.32. The Labute approximate surface area is 75.9 Å². The molecule has 1 aliphatic heterocycles. The topological polar surface area (TPSA) is 45.6 Å². The average molecular weight is 175 g/mol.